The number of nitrogens with one attached hydrogen (secondary N) is 4. The van der Waals surface area contributed by atoms with Crippen LogP contribution in [-0.2, 0) is 28.7 Å². The maximum absolute atomic E-state index is 13.9. The van der Waals surface area contributed by atoms with Crippen LogP contribution in [0.5, 0.6) is 0 Å². The second kappa shape index (κ2) is 16.8. The van der Waals surface area contributed by atoms with Gasteiger partial charge in [-0.05, 0) is 29.8 Å². The van der Waals surface area contributed by atoms with Gasteiger partial charge in [-0.1, -0.05) is 17.7 Å². The van der Waals surface area contributed by atoms with Crippen molar-refractivity contribution in [3.05, 3.63) is 81.7 Å². The average molecular weight is 827 g/mol. The number of carboxylic acid groups (broad SMARTS) is 1. The number of pyridine rings is 1. The second-order valence-electron chi connectivity index (χ2n) is 15.2. The van der Waals surface area contributed by atoms with E-state index in [0.717, 1.165) is 19.6 Å². The van der Waals surface area contributed by atoms with Crippen LogP contribution in [0.4, 0.5) is 18.9 Å². The van der Waals surface area contributed by atoms with Crippen LogP contribution in [0.3, 0.4) is 0 Å². The number of anilines is 1. The Morgan fingerprint density at radius 2 is 1.72 bits per heavy atom. The maximum atomic E-state index is 13.9. The Morgan fingerprint density at radius 3 is 2.33 bits per heavy atom. The topological polar surface area (TPSA) is 215 Å². The van der Waals surface area contributed by atoms with E-state index in [1.54, 1.807) is 21.9 Å². The molecule has 0 atom stereocenters. The van der Waals surface area contributed by atoms with Gasteiger partial charge in [-0.15, -0.1) is 0 Å². The van der Waals surface area contributed by atoms with Gasteiger partial charge in [0, 0.05) is 106 Å². The lowest BCUT2D eigenvalue weighted by molar-refractivity contribution is -0.929. The molecule has 0 spiro atoms. The Bertz CT molecular complexity index is 2160. The summed E-state index contributed by atoms with van der Waals surface area (Å²) >= 11 is 6.53. The number of carbonyl (C=O) groups is 4. The third kappa shape index (κ3) is 9.01. The molecule has 3 amide bonds. The lowest BCUT2D eigenvalue weighted by Gasteiger charge is -2.46. The number of aromatic nitrogens is 5. The number of carbonyl (C=O) groups excluding carboxylic acids is 3. The average Bonchev–Trinajstić information content (AvgIpc) is 3.84. The summed E-state index contributed by atoms with van der Waals surface area (Å²) in [7, 11) is 0. The minimum Gasteiger partial charge on any atom is -0.477 e. The largest absolute Gasteiger partial charge is 0.477 e. The van der Waals surface area contributed by atoms with E-state index < -0.39 is 23.7 Å². The molecule has 3 saturated heterocycles. The molecule has 0 bridgehead atoms. The van der Waals surface area contributed by atoms with Crippen LogP contribution < -0.4 is 16.4 Å². The van der Waals surface area contributed by atoms with Crippen LogP contribution in [-0.4, -0.2) is 134 Å². The zero-order valence-electron chi connectivity index (χ0n) is 31.4. The number of rotatable bonds is 12. The van der Waals surface area contributed by atoms with Gasteiger partial charge >= 0.3 is 12.1 Å². The lowest BCUT2D eigenvalue weighted by atomic mass is 9.90. The molecule has 7 rings (SSSR count). The van der Waals surface area contributed by atoms with Crippen molar-refractivity contribution in [1.29, 1.82) is 0 Å². The normalized spacial score (nSPS) is 20.1. The smallest absolute Gasteiger partial charge is 0.435 e. The van der Waals surface area contributed by atoms with Crippen LogP contribution >= 0.6 is 11.6 Å². The Labute approximate surface area is 335 Å². The predicted octanol–water partition coefficient (Wildman–Crippen LogP) is 2.98. The molecule has 20 heteroatoms. The summed E-state index contributed by atoms with van der Waals surface area (Å²) in [6, 6.07) is 7.61. The molecule has 7 N–H and O–H groups in total. The van der Waals surface area contributed by atoms with Gasteiger partial charge < -0.3 is 40.7 Å². The fourth-order valence-corrected chi connectivity index (χ4v) is 8.29. The van der Waals surface area contributed by atoms with E-state index in [0.29, 0.717) is 68.1 Å². The maximum Gasteiger partial charge on any atom is 0.435 e. The number of likely N-dealkylation sites (tertiary alicyclic amines) is 1. The molecule has 3 aliphatic rings. The summed E-state index contributed by atoms with van der Waals surface area (Å²) in [5.74, 6) is -1.69. The van der Waals surface area contributed by atoms with Crippen molar-refractivity contribution in [3.63, 3.8) is 0 Å². The Morgan fingerprint density at radius 1 is 1.00 bits per heavy atom. The summed E-state index contributed by atoms with van der Waals surface area (Å²) in [5.41, 5.74) is 6.00. The fourth-order valence-electron chi connectivity index (χ4n) is 8.03. The number of amides is 3. The van der Waals surface area contributed by atoms with Crippen molar-refractivity contribution in [2.45, 2.75) is 32.0 Å². The number of halogens is 4. The zero-order valence-corrected chi connectivity index (χ0v) is 32.2. The number of nitrogens with two attached hydrogens (primary N) is 1. The van der Waals surface area contributed by atoms with Gasteiger partial charge in [-0.2, -0.15) is 18.3 Å². The number of quaternary nitrogens is 1. The molecule has 58 heavy (non-hydrogen) atoms. The van der Waals surface area contributed by atoms with E-state index in [2.05, 4.69) is 35.8 Å². The van der Waals surface area contributed by atoms with E-state index in [1.807, 2.05) is 0 Å². The molecule has 0 saturated carbocycles. The van der Waals surface area contributed by atoms with Crippen molar-refractivity contribution in [2.24, 2.45) is 17.6 Å². The van der Waals surface area contributed by atoms with E-state index in [1.165, 1.54) is 30.6 Å². The zero-order chi connectivity index (χ0) is 41.2. The molecule has 4 aromatic rings. The number of hydrogen-bond donors (Lipinski definition) is 6. The number of nitrogens with zero attached hydrogens (tertiary/aromatic N) is 6. The molecule has 3 fully saturated rings. The first-order valence-corrected chi connectivity index (χ1v) is 19.4. The first-order valence-electron chi connectivity index (χ1n) is 19.0. The molecule has 16 nitrogen and oxygen atoms in total. The van der Waals surface area contributed by atoms with Crippen molar-refractivity contribution in [2.75, 3.05) is 70.8 Å². The van der Waals surface area contributed by atoms with Gasteiger partial charge in [-0.25, -0.2) is 9.78 Å². The molecule has 3 aliphatic heterocycles. The van der Waals surface area contributed by atoms with Gasteiger partial charge in [0.2, 0.25) is 5.91 Å². The van der Waals surface area contributed by atoms with E-state index >= 15 is 0 Å². The minimum absolute atomic E-state index is 0.0378. The number of alkyl halides is 3. The minimum atomic E-state index is -4.76. The molecule has 1 aromatic carbocycles. The predicted molar refractivity (Wildman–Crippen MR) is 204 cm³/mol. The van der Waals surface area contributed by atoms with Crippen LogP contribution in [0, 0.1) is 11.8 Å². The fraction of sp³-hybridized carbons (Fsp3) is 0.447. The SMILES string of the molecule is NCc1ccc(-c2[nH]nc(C(F)(F)F)c2Cc2cnc(C(=O)Nc3ccc(C(=O)N4CCN(C(=O)C5CC[N+](CC(=O)O)(CC6CNC6)CC5)CC4)c(Cl)c3)[nH]2)nc1. The standard InChI is InChI=1S/C38H43ClF3N11O5/c39-29-14-25(48-35(56)34-46-19-26(47-34)13-28-32(49-50-33(28)38(40,41)42)30-4-1-22(15-43)18-45-30)2-3-27(29)37(58)52-9-7-51(8-10-52)36(57)24-5-11-53(12-6-24,21-31(54)55)20-23-16-44-17-23/h1-4,14,18-19,23-24,44H,5-13,15-17,20-21,43H2,(H3-,45,46,47,48,49,50,54,55,56,58)/p+1. The van der Waals surface area contributed by atoms with E-state index in [4.69, 9.17) is 17.3 Å². The Balaban J connectivity index is 0.928. The number of piperidine rings is 1. The highest BCUT2D eigenvalue weighted by molar-refractivity contribution is 6.34. The second-order valence-corrected chi connectivity index (χ2v) is 15.6. The highest BCUT2D eigenvalue weighted by atomic mass is 35.5. The molecule has 3 aromatic heterocycles. The summed E-state index contributed by atoms with van der Waals surface area (Å²) < 4.78 is 42.2. The van der Waals surface area contributed by atoms with Crippen molar-refractivity contribution >= 4 is 41.0 Å². The van der Waals surface area contributed by atoms with Crippen molar-refractivity contribution in [3.8, 4) is 11.4 Å². The number of H-pyrrole nitrogens is 2. The van der Waals surface area contributed by atoms with Crippen LogP contribution in [0.15, 0.2) is 42.7 Å². The van der Waals surface area contributed by atoms with E-state index in [9.17, 15) is 37.5 Å². The van der Waals surface area contributed by atoms with Crippen LogP contribution in [0.2, 0.25) is 5.02 Å². The Hall–Kier alpha value is -5.37. The van der Waals surface area contributed by atoms with Gasteiger partial charge in [0.15, 0.2) is 18.1 Å². The number of piperazine rings is 1. The molecule has 0 radical (unpaired) electrons. The molecule has 308 valence electrons. The quantitative estimate of drug-likeness (QED) is 0.115. The number of carboxylic acids is 1. The van der Waals surface area contributed by atoms with Gasteiger partial charge in [-0.3, -0.25) is 24.5 Å². The number of aliphatic carboxylic acids is 1. The number of aromatic amines is 2. The first-order chi connectivity index (χ1) is 27.7. The summed E-state index contributed by atoms with van der Waals surface area (Å²) in [4.78, 5) is 66.2. The molecule has 0 unspecified atom stereocenters. The number of imidazole rings is 1. The highest BCUT2D eigenvalue weighted by Crippen LogP contribution is 2.36. The third-order valence-electron chi connectivity index (χ3n) is 11.2. The lowest BCUT2D eigenvalue weighted by Crippen LogP contribution is -2.62. The number of benzene rings is 1. The highest BCUT2D eigenvalue weighted by Gasteiger charge is 2.42. The van der Waals surface area contributed by atoms with Crippen LogP contribution in [0.1, 0.15) is 56.3 Å². The summed E-state index contributed by atoms with van der Waals surface area (Å²) in [5, 5.41) is 21.5. The molecule has 6 heterocycles. The molecule has 0 aliphatic carbocycles. The summed E-state index contributed by atoms with van der Waals surface area (Å²) in [6.07, 6.45) is -1.07. The van der Waals surface area contributed by atoms with Crippen molar-refractivity contribution in [1.82, 2.24) is 40.3 Å². The van der Waals surface area contributed by atoms with Crippen LogP contribution in [0.25, 0.3) is 11.4 Å². The number of hydrogen-bond acceptors (Lipinski definition) is 9. The van der Waals surface area contributed by atoms with Gasteiger partial charge in [0.1, 0.15) is 0 Å². The monoisotopic (exact) mass is 826 g/mol. The van der Waals surface area contributed by atoms with Gasteiger partial charge in [0.25, 0.3) is 11.8 Å². The first kappa shape index (κ1) is 40.8. The Kier molecular flexibility index (Phi) is 11.9. The third-order valence-corrected chi connectivity index (χ3v) is 11.5. The van der Waals surface area contributed by atoms with Crippen molar-refractivity contribution < 1.29 is 41.9 Å². The van der Waals surface area contributed by atoms with Gasteiger partial charge in [0.05, 0.1) is 41.6 Å². The molecular weight excluding hydrogens is 783 g/mol. The molecular formula is C38H44ClF3N11O5+. The summed E-state index contributed by atoms with van der Waals surface area (Å²) in [6.45, 7) is 5.52. The van der Waals surface area contributed by atoms with E-state index in [-0.39, 0.29) is 82.0 Å².